The molecule has 0 unspecified atom stereocenters. The van der Waals surface area contributed by atoms with Gasteiger partial charge >= 0.3 is 0 Å². The van der Waals surface area contributed by atoms with Crippen molar-refractivity contribution in [3.05, 3.63) is 59.1 Å². The Balaban J connectivity index is 1.95. The lowest BCUT2D eigenvalue weighted by Crippen LogP contribution is -2.86. The number of benzene rings is 2. The predicted molar refractivity (Wildman–Crippen MR) is 112 cm³/mol. The summed E-state index contributed by atoms with van der Waals surface area (Å²) in [6, 6.07) is 13.8. The van der Waals surface area contributed by atoms with E-state index >= 15 is 0 Å². The van der Waals surface area contributed by atoms with Crippen molar-refractivity contribution in [2.45, 2.75) is 31.7 Å². The highest BCUT2D eigenvalue weighted by molar-refractivity contribution is 7.89. The van der Waals surface area contributed by atoms with E-state index in [1.54, 1.807) is 48.5 Å². The summed E-state index contributed by atoms with van der Waals surface area (Å²) < 4.78 is 26.5. The summed E-state index contributed by atoms with van der Waals surface area (Å²) >= 11 is 5.91. The smallest absolute Gasteiger partial charge is 0.279 e. The van der Waals surface area contributed by atoms with E-state index in [9.17, 15) is 13.2 Å². The monoisotopic (exact) mass is 424 g/mol. The Hall–Kier alpha value is -1.93. The van der Waals surface area contributed by atoms with Crippen LogP contribution in [0.25, 0.3) is 0 Å². The largest absolute Gasteiger partial charge is 0.333 e. The van der Waals surface area contributed by atoms with Crippen LogP contribution in [0.3, 0.4) is 0 Å². The number of rotatable bonds is 9. The van der Waals surface area contributed by atoms with Gasteiger partial charge < -0.3 is 10.6 Å². The molecule has 0 spiro atoms. The van der Waals surface area contributed by atoms with Crippen LogP contribution < -0.4 is 10.6 Å². The number of carbonyl (C=O) groups is 1. The van der Waals surface area contributed by atoms with Crippen LogP contribution in [0, 0.1) is 0 Å². The molecule has 152 valence electrons. The van der Waals surface area contributed by atoms with Gasteiger partial charge in [-0.05, 0) is 37.3 Å². The molecule has 3 N–H and O–H groups in total. The highest BCUT2D eigenvalue weighted by Gasteiger charge is 2.22. The van der Waals surface area contributed by atoms with E-state index < -0.39 is 10.0 Å². The van der Waals surface area contributed by atoms with Crippen LogP contribution in [0.5, 0.6) is 0 Å². The van der Waals surface area contributed by atoms with Crippen molar-refractivity contribution in [3.8, 4) is 0 Å². The maximum atomic E-state index is 12.5. The second kappa shape index (κ2) is 10.0. The number of hydrogen-bond donors (Lipinski definition) is 2. The minimum atomic E-state index is -3.46. The highest BCUT2D eigenvalue weighted by atomic mass is 35.5. The van der Waals surface area contributed by atoms with E-state index in [1.165, 1.54) is 4.31 Å². The van der Waals surface area contributed by atoms with Gasteiger partial charge in [-0.15, -0.1) is 0 Å². The molecular formula is C20H27ClN3O3S+. The van der Waals surface area contributed by atoms with Gasteiger partial charge in [0.1, 0.15) is 6.04 Å². The molecule has 0 radical (unpaired) electrons. The average molecular weight is 425 g/mol. The van der Waals surface area contributed by atoms with Crippen molar-refractivity contribution in [3.63, 3.8) is 0 Å². The second-order valence-electron chi connectivity index (χ2n) is 6.45. The number of nitrogens with two attached hydrogens (primary N) is 1. The van der Waals surface area contributed by atoms with Crippen molar-refractivity contribution in [2.24, 2.45) is 0 Å². The first-order valence-electron chi connectivity index (χ1n) is 9.26. The maximum Gasteiger partial charge on any atom is 0.279 e. The van der Waals surface area contributed by atoms with Crippen LogP contribution in [0.2, 0.25) is 5.02 Å². The van der Waals surface area contributed by atoms with Crippen LogP contribution in [0.4, 0.5) is 5.69 Å². The number of quaternary nitrogens is 1. The van der Waals surface area contributed by atoms with Gasteiger partial charge in [0, 0.05) is 29.4 Å². The first-order valence-corrected chi connectivity index (χ1v) is 11.1. The summed E-state index contributed by atoms with van der Waals surface area (Å²) in [6.45, 7) is 6.73. The quantitative estimate of drug-likeness (QED) is 0.649. The normalized spacial score (nSPS) is 12.8. The molecule has 0 saturated carbocycles. The third-order valence-corrected chi connectivity index (χ3v) is 6.81. The van der Waals surface area contributed by atoms with Crippen LogP contribution in [-0.2, 0) is 14.8 Å². The van der Waals surface area contributed by atoms with E-state index in [0.29, 0.717) is 23.8 Å². The lowest BCUT2D eigenvalue weighted by molar-refractivity contribution is -0.682. The fourth-order valence-electron chi connectivity index (χ4n) is 2.85. The fourth-order valence-corrected chi connectivity index (χ4v) is 4.50. The number of anilines is 1. The lowest BCUT2D eigenvalue weighted by Gasteiger charge is -2.19. The molecule has 0 aliphatic carbocycles. The molecule has 6 nitrogen and oxygen atoms in total. The van der Waals surface area contributed by atoms with Gasteiger partial charge in [-0.3, -0.25) is 4.79 Å². The second-order valence-corrected chi connectivity index (χ2v) is 8.82. The number of hydrogen-bond acceptors (Lipinski definition) is 3. The number of amides is 1. The summed E-state index contributed by atoms with van der Waals surface area (Å²) in [5.74, 6) is -0.130. The van der Waals surface area contributed by atoms with Gasteiger partial charge in [-0.25, -0.2) is 8.42 Å². The Bertz CT molecular complexity index is 897. The molecule has 1 amide bonds. The SMILES string of the molecule is CCN(CC)S(=O)(=O)c1ccc([C@H](C)[NH2+]CC(=O)Nc2cccc(Cl)c2)cc1. The topological polar surface area (TPSA) is 83.1 Å². The van der Waals surface area contributed by atoms with Gasteiger partial charge in [0.05, 0.1) is 4.90 Å². The molecule has 28 heavy (non-hydrogen) atoms. The first-order chi connectivity index (χ1) is 13.3. The van der Waals surface area contributed by atoms with Gasteiger partial charge in [0.2, 0.25) is 10.0 Å². The van der Waals surface area contributed by atoms with Crippen molar-refractivity contribution >= 4 is 33.2 Å². The summed E-state index contributed by atoms with van der Waals surface area (Å²) in [5.41, 5.74) is 1.61. The summed E-state index contributed by atoms with van der Waals surface area (Å²) in [5, 5.41) is 5.27. The molecule has 2 rings (SSSR count). The zero-order valence-electron chi connectivity index (χ0n) is 16.4. The lowest BCUT2D eigenvalue weighted by atomic mass is 10.1. The molecule has 0 aliphatic rings. The van der Waals surface area contributed by atoms with Crippen LogP contribution in [0.15, 0.2) is 53.4 Å². The number of nitrogens with zero attached hydrogens (tertiary/aromatic N) is 1. The van der Waals surface area contributed by atoms with E-state index in [2.05, 4.69) is 5.32 Å². The molecule has 0 bridgehead atoms. The Labute approximate surface area is 171 Å². The number of nitrogens with one attached hydrogen (secondary N) is 1. The Morgan fingerprint density at radius 3 is 2.36 bits per heavy atom. The average Bonchev–Trinajstić information content (AvgIpc) is 2.67. The van der Waals surface area contributed by atoms with Crippen LogP contribution in [-0.4, -0.2) is 38.3 Å². The Morgan fingerprint density at radius 1 is 1.14 bits per heavy atom. The third kappa shape index (κ3) is 5.78. The van der Waals surface area contributed by atoms with Gasteiger partial charge in [-0.1, -0.05) is 43.6 Å². The van der Waals surface area contributed by atoms with E-state index in [4.69, 9.17) is 11.6 Å². The minimum absolute atomic E-state index is 0.00955. The molecule has 1 atom stereocenters. The molecule has 0 heterocycles. The summed E-state index contributed by atoms with van der Waals surface area (Å²) in [7, 11) is -3.46. The third-order valence-electron chi connectivity index (χ3n) is 4.51. The van der Waals surface area contributed by atoms with Gasteiger partial charge in [0.15, 0.2) is 6.54 Å². The highest BCUT2D eigenvalue weighted by Crippen LogP contribution is 2.18. The molecular weight excluding hydrogens is 398 g/mol. The zero-order valence-corrected chi connectivity index (χ0v) is 17.9. The summed E-state index contributed by atoms with van der Waals surface area (Å²) in [4.78, 5) is 12.4. The maximum absolute atomic E-state index is 12.5. The number of carbonyl (C=O) groups excluding carboxylic acids is 1. The fraction of sp³-hybridized carbons (Fsp3) is 0.350. The Morgan fingerprint density at radius 2 is 1.79 bits per heavy atom. The molecule has 8 heteroatoms. The number of sulfonamides is 1. The molecule has 0 aliphatic heterocycles. The Kier molecular flexibility index (Phi) is 8.00. The number of halogens is 1. The van der Waals surface area contributed by atoms with Crippen molar-refractivity contribution in [2.75, 3.05) is 25.0 Å². The van der Waals surface area contributed by atoms with Gasteiger partial charge in [0.25, 0.3) is 5.91 Å². The molecule has 0 aromatic heterocycles. The minimum Gasteiger partial charge on any atom is -0.333 e. The first kappa shape index (κ1) is 22.4. The van der Waals surface area contributed by atoms with Crippen molar-refractivity contribution in [1.82, 2.24) is 4.31 Å². The molecule has 2 aromatic rings. The molecule has 2 aromatic carbocycles. The van der Waals surface area contributed by atoms with Crippen LogP contribution in [0.1, 0.15) is 32.4 Å². The van der Waals surface area contributed by atoms with Crippen molar-refractivity contribution < 1.29 is 18.5 Å². The summed E-state index contributed by atoms with van der Waals surface area (Å²) in [6.07, 6.45) is 0. The van der Waals surface area contributed by atoms with Gasteiger partial charge in [-0.2, -0.15) is 4.31 Å². The van der Waals surface area contributed by atoms with E-state index in [-0.39, 0.29) is 23.4 Å². The molecule has 0 fully saturated rings. The van der Waals surface area contributed by atoms with E-state index in [1.807, 2.05) is 26.1 Å². The predicted octanol–water partition coefficient (Wildman–Crippen LogP) is 2.63. The van der Waals surface area contributed by atoms with Crippen molar-refractivity contribution in [1.29, 1.82) is 0 Å². The van der Waals surface area contributed by atoms with Crippen LogP contribution >= 0.6 is 11.6 Å². The zero-order chi connectivity index (χ0) is 20.7. The standard InChI is InChI=1S/C20H26ClN3O3S/c1-4-24(5-2)28(26,27)19-11-9-16(10-12-19)15(3)22-14-20(25)23-18-8-6-7-17(21)13-18/h6-13,15,22H,4-5,14H2,1-3H3,(H,23,25)/p+1/t15-/m0/s1. The molecule has 0 saturated heterocycles. The van der Waals surface area contributed by atoms with E-state index in [0.717, 1.165) is 5.56 Å².